The van der Waals surface area contributed by atoms with Crippen LogP contribution < -0.4 is 10.6 Å². The number of imide groups is 1. The van der Waals surface area contributed by atoms with E-state index in [0.717, 1.165) is 17.7 Å². The number of carbonyl (C=O) groups excluding carboxylic acids is 3. The van der Waals surface area contributed by atoms with Crippen LogP contribution in [0.15, 0.2) is 18.2 Å². The molecular formula is C17H19Cl2N3O3. The van der Waals surface area contributed by atoms with Crippen LogP contribution in [-0.2, 0) is 9.59 Å². The van der Waals surface area contributed by atoms with E-state index in [9.17, 15) is 14.4 Å². The summed E-state index contributed by atoms with van der Waals surface area (Å²) in [7, 11) is 0. The van der Waals surface area contributed by atoms with Crippen LogP contribution in [0.25, 0.3) is 0 Å². The molecule has 25 heavy (non-hydrogen) atoms. The predicted molar refractivity (Wildman–Crippen MR) is 95.7 cm³/mol. The highest BCUT2D eigenvalue weighted by Crippen LogP contribution is 2.36. The lowest BCUT2D eigenvalue weighted by Crippen LogP contribution is -2.49. The predicted octanol–water partition coefficient (Wildman–Crippen LogP) is 3.43. The summed E-state index contributed by atoms with van der Waals surface area (Å²) in [5, 5.41) is 5.90. The van der Waals surface area contributed by atoms with Crippen LogP contribution >= 0.6 is 23.2 Å². The topological polar surface area (TPSA) is 78.5 Å². The van der Waals surface area contributed by atoms with Gasteiger partial charge in [0, 0.05) is 0 Å². The number of nitrogens with one attached hydrogen (secondary N) is 2. The maximum atomic E-state index is 12.7. The van der Waals surface area contributed by atoms with Crippen molar-refractivity contribution in [3.63, 3.8) is 0 Å². The molecule has 3 rings (SSSR count). The van der Waals surface area contributed by atoms with Crippen molar-refractivity contribution in [3.8, 4) is 0 Å². The van der Waals surface area contributed by atoms with E-state index in [2.05, 4.69) is 17.6 Å². The van der Waals surface area contributed by atoms with E-state index in [1.807, 2.05) is 0 Å². The Balaban J connectivity index is 1.68. The fourth-order valence-electron chi connectivity index (χ4n) is 3.35. The molecule has 1 aliphatic carbocycles. The van der Waals surface area contributed by atoms with E-state index in [0.29, 0.717) is 29.5 Å². The third kappa shape index (κ3) is 3.46. The number of rotatable bonds is 3. The molecule has 1 saturated carbocycles. The molecule has 8 heteroatoms. The second-order valence-corrected chi connectivity index (χ2v) is 7.52. The molecule has 2 N–H and O–H groups in total. The minimum atomic E-state index is -0.850. The van der Waals surface area contributed by atoms with Gasteiger partial charge in [0.2, 0.25) is 5.91 Å². The molecule has 2 aliphatic rings. The molecule has 1 spiro atoms. The van der Waals surface area contributed by atoms with E-state index < -0.39 is 17.5 Å². The Morgan fingerprint density at radius 1 is 1.32 bits per heavy atom. The summed E-state index contributed by atoms with van der Waals surface area (Å²) in [6.45, 7) is 1.78. The molecule has 4 amide bonds. The van der Waals surface area contributed by atoms with Gasteiger partial charge >= 0.3 is 6.03 Å². The maximum Gasteiger partial charge on any atom is 0.325 e. The van der Waals surface area contributed by atoms with Gasteiger partial charge in [-0.15, -0.1) is 0 Å². The first-order valence-electron chi connectivity index (χ1n) is 8.20. The lowest BCUT2D eigenvalue weighted by Gasteiger charge is -2.33. The average Bonchev–Trinajstić information content (AvgIpc) is 2.79. The van der Waals surface area contributed by atoms with Crippen LogP contribution in [0, 0.1) is 5.92 Å². The maximum absolute atomic E-state index is 12.7. The molecule has 0 unspecified atom stereocenters. The van der Waals surface area contributed by atoms with Crippen molar-refractivity contribution < 1.29 is 14.4 Å². The van der Waals surface area contributed by atoms with Crippen molar-refractivity contribution in [2.75, 3.05) is 11.9 Å². The fourth-order valence-corrected chi connectivity index (χ4v) is 3.70. The van der Waals surface area contributed by atoms with Crippen molar-refractivity contribution in [2.45, 2.75) is 38.1 Å². The van der Waals surface area contributed by atoms with E-state index in [1.54, 1.807) is 18.2 Å². The summed E-state index contributed by atoms with van der Waals surface area (Å²) < 4.78 is 0. The molecule has 1 aromatic carbocycles. The number of anilines is 1. The fraction of sp³-hybridized carbons (Fsp3) is 0.471. The van der Waals surface area contributed by atoms with Gasteiger partial charge in [0.15, 0.2) is 0 Å². The van der Waals surface area contributed by atoms with Crippen LogP contribution in [0.3, 0.4) is 0 Å². The number of amides is 4. The van der Waals surface area contributed by atoms with Crippen molar-refractivity contribution >= 4 is 46.7 Å². The molecule has 2 fully saturated rings. The van der Waals surface area contributed by atoms with E-state index >= 15 is 0 Å². The Hall–Kier alpha value is -1.79. The molecule has 1 heterocycles. The summed E-state index contributed by atoms with van der Waals surface area (Å²) in [4.78, 5) is 38.2. The van der Waals surface area contributed by atoms with Crippen molar-refractivity contribution in [2.24, 2.45) is 5.92 Å². The number of carbonyl (C=O) groups is 3. The Labute approximate surface area is 155 Å². The number of hydrogen-bond acceptors (Lipinski definition) is 3. The lowest BCUT2D eigenvalue weighted by atomic mass is 9.77. The summed E-state index contributed by atoms with van der Waals surface area (Å²) in [6.07, 6.45) is 2.97. The summed E-state index contributed by atoms with van der Waals surface area (Å²) in [5.41, 5.74) is -0.509. The van der Waals surface area contributed by atoms with Gasteiger partial charge in [-0.1, -0.05) is 36.2 Å². The minimum Gasteiger partial charge on any atom is -0.323 e. The Morgan fingerprint density at radius 3 is 2.68 bits per heavy atom. The largest absolute Gasteiger partial charge is 0.325 e. The van der Waals surface area contributed by atoms with Crippen LogP contribution in [-0.4, -0.2) is 34.8 Å². The van der Waals surface area contributed by atoms with Crippen LogP contribution in [0.2, 0.25) is 10.0 Å². The number of hydrogen-bond donors (Lipinski definition) is 2. The Morgan fingerprint density at radius 2 is 2.00 bits per heavy atom. The molecule has 1 aromatic rings. The molecule has 0 bridgehead atoms. The molecule has 134 valence electrons. The van der Waals surface area contributed by atoms with Gasteiger partial charge in [0.1, 0.15) is 12.1 Å². The van der Waals surface area contributed by atoms with Crippen molar-refractivity contribution in [3.05, 3.63) is 28.2 Å². The Bertz CT molecular complexity index is 730. The normalized spacial score (nSPS) is 26.0. The zero-order valence-electron chi connectivity index (χ0n) is 13.8. The first kappa shape index (κ1) is 18.0. The average molecular weight is 384 g/mol. The lowest BCUT2D eigenvalue weighted by molar-refractivity contribution is -0.135. The molecule has 1 saturated heterocycles. The Kier molecular flexibility index (Phi) is 4.93. The summed E-state index contributed by atoms with van der Waals surface area (Å²) in [6, 6.07) is 4.33. The standard InChI is InChI=1S/C17H19Cl2N3O3/c1-10-5-7-17(8-6-10)15(24)22(16(25)21-17)9-13(23)20-12-4-2-3-11(18)14(12)19/h2-4,10H,5-9H2,1H3,(H,20,23)(H,21,25). The number of urea groups is 1. The van der Waals surface area contributed by atoms with E-state index in [-0.39, 0.29) is 17.5 Å². The van der Waals surface area contributed by atoms with E-state index in [1.165, 1.54) is 0 Å². The highest BCUT2D eigenvalue weighted by molar-refractivity contribution is 6.44. The summed E-state index contributed by atoms with van der Waals surface area (Å²) >= 11 is 11.9. The quantitative estimate of drug-likeness (QED) is 0.784. The van der Waals surface area contributed by atoms with Gasteiger partial charge in [-0.3, -0.25) is 14.5 Å². The van der Waals surface area contributed by atoms with Gasteiger partial charge in [0.25, 0.3) is 5.91 Å². The van der Waals surface area contributed by atoms with Crippen LogP contribution in [0.1, 0.15) is 32.6 Å². The van der Waals surface area contributed by atoms with Gasteiger partial charge in [-0.2, -0.15) is 0 Å². The smallest absolute Gasteiger partial charge is 0.323 e. The second kappa shape index (κ2) is 6.84. The van der Waals surface area contributed by atoms with Gasteiger partial charge in [0.05, 0.1) is 15.7 Å². The minimum absolute atomic E-state index is 0.215. The van der Waals surface area contributed by atoms with E-state index in [4.69, 9.17) is 23.2 Å². The second-order valence-electron chi connectivity index (χ2n) is 6.74. The monoisotopic (exact) mass is 383 g/mol. The number of halogens is 2. The SMILES string of the molecule is CC1CCC2(CC1)NC(=O)N(CC(=O)Nc1cccc(Cl)c1Cl)C2=O. The van der Waals surface area contributed by atoms with Gasteiger partial charge in [-0.05, 0) is 43.7 Å². The van der Waals surface area contributed by atoms with Crippen molar-refractivity contribution in [1.82, 2.24) is 10.2 Å². The summed E-state index contributed by atoms with van der Waals surface area (Å²) in [5.74, 6) is -0.289. The van der Waals surface area contributed by atoms with Crippen LogP contribution in [0.5, 0.6) is 0 Å². The molecule has 0 atom stereocenters. The molecule has 0 radical (unpaired) electrons. The van der Waals surface area contributed by atoms with Gasteiger partial charge < -0.3 is 10.6 Å². The molecule has 6 nitrogen and oxygen atoms in total. The van der Waals surface area contributed by atoms with Crippen LogP contribution in [0.4, 0.5) is 10.5 Å². The third-order valence-corrected chi connectivity index (χ3v) is 5.72. The zero-order valence-corrected chi connectivity index (χ0v) is 15.3. The van der Waals surface area contributed by atoms with Gasteiger partial charge in [-0.25, -0.2) is 4.79 Å². The molecule has 0 aromatic heterocycles. The zero-order chi connectivity index (χ0) is 18.2. The number of benzene rings is 1. The molecular weight excluding hydrogens is 365 g/mol. The highest BCUT2D eigenvalue weighted by atomic mass is 35.5. The number of nitrogens with zero attached hydrogens (tertiary/aromatic N) is 1. The van der Waals surface area contributed by atoms with Crippen molar-refractivity contribution in [1.29, 1.82) is 0 Å². The highest BCUT2D eigenvalue weighted by Gasteiger charge is 2.52. The first-order chi connectivity index (χ1) is 11.8. The molecule has 1 aliphatic heterocycles. The third-order valence-electron chi connectivity index (χ3n) is 4.90. The first-order valence-corrected chi connectivity index (χ1v) is 8.96.